The molecule has 0 fully saturated rings. The third-order valence-corrected chi connectivity index (χ3v) is 4.95. The summed E-state index contributed by atoms with van der Waals surface area (Å²) < 4.78 is 24.8. The second-order valence-corrected chi connectivity index (χ2v) is 6.64. The molecule has 8 heteroatoms. The summed E-state index contributed by atoms with van der Waals surface area (Å²) in [7, 11) is -5.30. The summed E-state index contributed by atoms with van der Waals surface area (Å²) in [6.45, 7) is 0.940. The molecule has 0 aliphatic rings. The van der Waals surface area contributed by atoms with Crippen LogP contribution in [0.3, 0.4) is 0 Å². The van der Waals surface area contributed by atoms with E-state index in [-0.39, 0.29) is 15.3 Å². The highest BCUT2D eigenvalue weighted by atomic mass is 32.2. The van der Waals surface area contributed by atoms with Crippen molar-refractivity contribution in [1.82, 2.24) is 0 Å². The lowest BCUT2D eigenvalue weighted by atomic mass is 9.64. The third kappa shape index (κ3) is 3.36. The van der Waals surface area contributed by atoms with E-state index in [9.17, 15) is 13.4 Å². The lowest BCUT2D eigenvalue weighted by Gasteiger charge is -2.07. The van der Waals surface area contributed by atoms with E-state index in [1.54, 1.807) is 19.0 Å². The number of rotatable bonds is 4. The first-order chi connectivity index (χ1) is 9.82. The highest BCUT2D eigenvalue weighted by molar-refractivity contribution is 7.91. The van der Waals surface area contributed by atoms with Crippen molar-refractivity contribution in [2.75, 3.05) is 0 Å². The molecule has 0 amide bonds. The minimum Gasteiger partial charge on any atom is -0.447 e. The fraction of sp³-hybridized carbons (Fsp3) is 0.0769. The summed E-state index contributed by atoms with van der Waals surface area (Å²) in [6, 6.07) is 11.3. The Morgan fingerprint density at radius 2 is 1.14 bits per heavy atom. The monoisotopic (exact) mass is 304 g/mol. The SMILES string of the molecule is CB(O)c1ccc(S(=O)(=O)c2ccc(B(O)O)cc2)cc1. The maximum absolute atomic E-state index is 12.4. The molecule has 0 atom stereocenters. The molecule has 0 saturated carbocycles. The second kappa shape index (κ2) is 6.03. The molecule has 2 aromatic rings. The van der Waals surface area contributed by atoms with Gasteiger partial charge in [-0.1, -0.05) is 31.1 Å². The van der Waals surface area contributed by atoms with Gasteiger partial charge in [-0.3, -0.25) is 0 Å². The minimum absolute atomic E-state index is 0.0664. The van der Waals surface area contributed by atoms with Crippen LogP contribution in [-0.4, -0.2) is 37.5 Å². The maximum Gasteiger partial charge on any atom is 0.488 e. The van der Waals surface area contributed by atoms with Crippen LogP contribution < -0.4 is 10.9 Å². The Kier molecular flexibility index (Phi) is 4.53. The second-order valence-electron chi connectivity index (χ2n) is 4.69. The lowest BCUT2D eigenvalue weighted by Crippen LogP contribution is -2.29. The summed E-state index contributed by atoms with van der Waals surface area (Å²) in [6.07, 6.45) is 0. The van der Waals surface area contributed by atoms with E-state index >= 15 is 0 Å². The highest BCUT2D eigenvalue weighted by Crippen LogP contribution is 2.19. The molecular weight excluding hydrogens is 290 g/mol. The Labute approximate surface area is 124 Å². The molecule has 0 spiro atoms. The molecule has 0 heterocycles. The van der Waals surface area contributed by atoms with Crippen molar-refractivity contribution in [3.63, 3.8) is 0 Å². The topological polar surface area (TPSA) is 94.8 Å². The predicted molar refractivity (Wildman–Crippen MR) is 81.6 cm³/mol. The molecule has 0 bridgehead atoms. The van der Waals surface area contributed by atoms with Crippen LogP contribution in [0.5, 0.6) is 0 Å². The third-order valence-electron chi connectivity index (χ3n) is 3.16. The van der Waals surface area contributed by atoms with E-state index in [4.69, 9.17) is 10.0 Å². The first-order valence-electron chi connectivity index (χ1n) is 6.31. The molecule has 3 N–H and O–H groups in total. The van der Waals surface area contributed by atoms with Gasteiger partial charge in [0.15, 0.2) is 0 Å². The van der Waals surface area contributed by atoms with Gasteiger partial charge >= 0.3 is 14.0 Å². The van der Waals surface area contributed by atoms with Crippen LogP contribution in [0, 0.1) is 0 Å². The zero-order valence-corrected chi connectivity index (χ0v) is 12.2. The zero-order chi connectivity index (χ0) is 15.6. The first kappa shape index (κ1) is 15.8. The van der Waals surface area contributed by atoms with Crippen LogP contribution in [0.4, 0.5) is 0 Å². The Morgan fingerprint density at radius 3 is 1.48 bits per heavy atom. The van der Waals surface area contributed by atoms with Gasteiger partial charge in [-0.2, -0.15) is 0 Å². The zero-order valence-electron chi connectivity index (χ0n) is 11.3. The molecule has 0 radical (unpaired) electrons. The van der Waals surface area contributed by atoms with Crippen LogP contribution >= 0.6 is 0 Å². The normalized spacial score (nSPS) is 11.2. The first-order valence-corrected chi connectivity index (χ1v) is 7.80. The largest absolute Gasteiger partial charge is 0.488 e. The summed E-state index contributed by atoms with van der Waals surface area (Å²) >= 11 is 0. The van der Waals surface area contributed by atoms with Gasteiger partial charge in [0.2, 0.25) is 9.84 Å². The molecule has 0 unspecified atom stereocenters. The summed E-state index contributed by atoms with van der Waals surface area (Å²) in [5.74, 6) is 0. The summed E-state index contributed by atoms with van der Waals surface area (Å²) in [5.41, 5.74) is 0.853. The van der Waals surface area contributed by atoms with Crippen molar-refractivity contribution in [2.24, 2.45) is 0 Å². The molecule has 21 heavy (non-hydrogen) atoms. The van der Waals surface area contributed by atoms with Crippen molar-refractivity contribution < 1.29 is 23.5 Å². The van der Waals surface area contributed by atoms with E-state index in [1.165, 1.54) is 36.4 Å². The smallest absolute Gasteiger partial charge is 0.447 e. The average Bonchev–Trinajstić information content (AvgIpc) is 2.47. The van der Waals surface area contributed by atoms with E-state index in [0.717, 1.165) is 0 Å². The van der Waals surface area contributed by atoms with Gasteiger partial charge in [-0.15, -0.1) is 0 Å². The number of benzene rings is 2. The van der Waals surface area contributed by atoms with E-state index in [2.05, 4.69) is 0 Å². The van der Waals surface area contributed by atoms with Crippen molar-refractivity contribution in [3.05, 3.63) is 48.5 Å². The average molecular weight is 304 g/mol. The molecule has 108 valence electrons. The molecule has 2 rings (SSSR count). The van der Waals surface area contributed by atoms with E-state index in [1.807, 2.05) is 0 Å². The molecule has 5 nitrogen and oxygen atoms in total. The van der Waals surface area contributed by atoms with Gasteiger partial charge in [0.05, 0.1) is 9.79 Å². The van der Waals surface area contributed by atoms with Crippen LogP contribution in [0.15, 0.2) is 58.3 Å². The Bertz CT molecular complexity index is 652. The summed E-state index contributed by atoms with van der Waals surface area (Å²) in [5, 5.41) is 27.4. The molecule has 0 saturated heterocycles. The fourth-order valence-corrected chi connectivity index (χ4v) is 3.14. The van der Waals surface area contributed by atoms with Crippen molar-refractivity contribution >= 4 is 34.8 Å². The van der Waals surface area contributed by atoms with E-state index in [0.29, 0.717) is 5.46 Å². The van der Waals surface area contributed by atoms with Crippen molar-refractivity contribution in [2.45, 2.75) is 16.6 Å². The summed E-state index contributed by atoms with van der Waals surface area (Å²) in [4.78, 5) is 0.181. The standard InChI is InChI=1S/C13H14B2O5S/c1-14(16)10-2-6-12(7-3-10)21(19,20)13-8-4-11(5-9-13)15(17)18/h2-9,16-18H,1H3. The van der Waals surface area contributed by atoms with Crippen LogP contribution in [0.25, 0.3) is 0 Å². The molecule has 2 aromatic carbocycles. The quantitative estimate of drug-likeness (QED) is 0.631. The van der Waals surface area contributed by atoms with Crippen molar-refractivity contribution in [1.29, 1.82) is 0 Å². The molecule has 0 aliphatic heterocycles. The van der Waals surface area contributed by atoms with Crippen LogP contribution in [-0.2, 0) is 9.84 Å². The number of hydrogen-bond acceptors (Lipinski definition) is 5. The van der Waals surface area contributed by atoms with Crippen LogP contribution in [0.1, 0.15) is 0 Å². The molecule has 0 aliphatic carbocycles. The number of hydrogen-bond donors (Lipinski definition) is 3. The van der Waals surface area contributed by atoms with Gasteiger partial charge in [0.25, 0.3) is 0 Å². The minimum atomic E-state index is -3.67. The highest BCUT2D eigenvalue weighted by Gasteiger charge is 2.19. The fourth-order valence-electron chi connectivity index (χ4n) is 1.88. The van der Waals surface area contributed by atoms with Crippen LogP contribution in [0.2, 0.25) is 6.82 Å². The molecule has 0 aromatic heterocycles. The predicted octanol–water partition coefficient (Wildman–Crippen LogP) is -0.980. The van der Waals surface area contributed by atoms with Gasteiger partial charge < -0.3 is 15.1 Å². The lowest BCUT2D eigenvalue weighted by molar-refractivity contribution is 0.425. The van der Waals surface area contributed by atoms with E-state index < -0.39 is 23.9 Å². The van der Waals surface area contributed by atoms with Crippen molar-refractivity contribution in [3.8, 4) is 0 Å². The van der Waals surface area contributed by atoms with Gasteiger partial charge in [0.1, 0.15) is 0 Å². The maximum atomic E-state index is 12.4. The van der Waals surface area contributed by atoms with Gasteiger partial charge in [-0.05, 0) is 35.2 Å². The van der Waals surface area contributed by atoms with Gasteiger partial charge in [0, 0.05) is 0 Å². The Morgan fingerprint density at radius 1 is 0.762 bits per heavy atom. The Balaban J connectivity index is 2.37. The number of sulfone groups is 1. The molecular formula is C13H14B2O5S. The Hall–Kier alpha value is -1.60. The van der Waals surface area contributed by atoms with Gasteiger partial charge in [-0.25, -0.2) is 8.42 Å².